The SMILES string of the molecule is CCc1cc(-c2ccncc2)ccc1C(=O)N[C@H](CO)c1cccc(C(=O)NC2CCCC2)c1.COCCc1cc(-c2ccncc2)ccc1C(=O)N[C@H](CO)c1cccc(C(=O)NC2CCCC2)c1.COCc1cc(-c2ccncc2)ccc1C(=O)N[C@H](CO)c1cccc(C(=O)NC2CCCC2)c1. The highest BCUT2D eigenvalue weighted by Crippen LogP contribution is 2.30. The summed E-state index contributed by atoms with van der Waals surface area (Å²) in [5.74, 6) is -1.23. The second kappa shape index (κ2) is 39.3. The molecule has 0 radical (unpaired) electrons. The molecule has 20 nitrogen and oxygen atoms in total. The van der Waals surface area contributed by atoms with E-state index < -0.39 is 18.1 Å². The van der Waals surface area contributed by atoms with E-state index in [0.717, 1.165) is 127 Å². The normalized spacial score (nSPS) is 14.5. The molecular weight excluding hydrogens is 1320 g/mol. The van der Waals surface area contributed by atoms with Gasteiger partial charge in [-0.2, -0.15) is 0 Å². The molecule has 3 saturated carbocycles. The van der Waals surface area contributed by atoms with Crippen LogP contribution in [-0.4, -0.2) is 124 Å². The Morgan fingerprint density at radius 1 is 0.381 bits per heavy atom. The number of carbonyl (C=O) groups excluding carboxylic acids is 6. The van der Waals surface area contributed by atoms with Crippen LogP contribution in [-0.2, 0) is 28.9 Å². The first-order valence-corrected chi connectivity index (χ1v) is 36.3. The van der Waals surface area contributed by atoms with Crippen molar-refractivity contribution in [1.82, 2.24) is 46.9 Å². The molecule has 0 aliphatic heterocycles. The number of aliphatic hydroxyl groups is 3. The number of hydrogen-bond acceptors (Lipinski definition) is 14. The average Bonchev–Trinajstić information content (AvgIpc) is 1.82. The Morgan fingerprint density at radius 3 is 1.01 bits per heavy atom. The summed E-state index contributed by atoms with van der Waals surface area (Å²) < 4.78 is 10.6. The molecule has 0 spiro atoms. The predicted molar refractivity (Wildman–Crippen MR) is 405 cm³/mol. The molecule has 3 fully saturated rings. The predicted octanol–water partition coefficient (Wildman–Crippen LogP) is 12.6. The number of methoxy groups -OCH3 is 2. The molecule has 0 bridgehead atoms. The lowest BCUT2D eigenvalue weighted by molar-refractivity contribution is 0.0904. The number of amides is 6. The van der Waals surface area contributed by atoms with Gasteiger partial charge in [-0.25, -0.2) is 0 Å². The second-order valence-electron chi connectivity index (χ2n) is 26.7. The molecule has 3 aliphatic carbocycles. The van der Waals surface area contributed by atoms with Crippen LogP contribution in [0.5, 0.6) is 0 Å². The maximum absolute atomic E-state index is 13.3. The van der Waals surface area contributed by atoms with Gasteiger partial charge in [0.1, 0.15) is 0 Å². The molecule has 6 amide bonds. The smallest absolute Gasteiger partial charge is 0.252 e. The third kappa shape index (κ3) is 21.5. The molecule has 12 rings (SSSR count). The minimum atomic E-state index is -0.656. The number of aliphatic hydroxyl groups excluding tert-OH is 3. The fourth-order valence-electron chi connectivity index (χ4n) is 13.7. The average molecular weight is 1420 g/mol. The summed E-state index contributed by atoms with van der Waals surface area (Å²) >= 11 is 0. The van der Waals surface area contributed by atoms with E-state index >= 15 is 0 Å². The number of pyridine rings is 3. The number of rotatable bonds is 27. The first-order valence-electron chi connectivity index (χ1n) is 36.3. The molecule has 9 N–H and O–H groups in total. The Balaban J connectivity index is 0.000000169. The zero-order valence-corrected chi connectivity index (χ0v) is 59.9. The summed E-state index contributed by atoms with van der Waals surface area (Å²) in [5.41, 5.74) is 13.7. The number of aromatic nitrogens is 3. The standard InChI is InChI=1S/C29H33N3O4.C28H31N3O4.C28H31N3O3/c1-36-16-13-22-17-21(20-11-14-30-15-12-20)9-10-26(22)29(35)32-27(19-33)23-5-4-6-24(18-23)28(34)31-25-7-2-3-8-25;1-35-18-23-15-20(19-11-13-29-14-12-19)9-10-25(23)28(34)31-26(17-32)21-5-4-6-22(16-21)27(33)30-24-7-2-3-8-24;1-2-19-16-21(20-12-14-29-15-13-20)10-11-25(19)28(34)31-26(18-32)22-6-5-7-23(17-22)27(33)30-24-8-3-4-9-24/h4-6,9-12,14-15,17-18,25,27,33H,2-3,7-8,13,16,19H2,1H3,(H,31,34)(H,32,35);4-6,9-16,24,26,32H,2-3,7-8,17-18H2,1H3,(H,30,33)(H,31,34);5-7,10-17,24,26,32H,2-4,8-9,18H2,1H3,(H,30,33)(H,31,34)/t27-;2*26-/m111/s1. The third-order valence-electron chi connectivity index (χ3n) is 19.5. The minimum absolute atomic E-state index is 0.114. The molecular formula is C85H95N9O11. The van der Waals surface area contributed by atoms with E-state index in [2.05, 4.69) is 46.9 Å². The number of benzene rings is 6. The van der Waals surface area contributed by atoms with Crippen molar-refractivity contribution in [3.63, 3.8) is 0 Å². The van der Waals surface area contributed by atoms with Crippen LogP contribution >= 0.6 is 0 Å². The fourth-order valence-corrected chi connectivity index (χ4v) is 13.7. The molecule has 6 aromatic carbocycles. The van der Waals surface area contributed by atoms with Crippen molar-refractivity contribution in [1.29, 1.82) is 0 Å². The number of nitrogens with zero attached hydrogens (tertiary/aromatic N) is 3. The third-order valence-corrected chi connectivity index (χ3v) is 19.5. The summed E-state index contributed by atoms with van der Waals surface area (Å²) in [4.78, 5) is 90.0. The maximum Gasteiger partial charge on any atom is 0.252 e. The summed E-state index contributed by atoms with van der Waals surface area (Å²) in [6.07, 6.45) is 24.6. The molecule has 0 unspecified atom stereocenters. The number of carbonyl (C=O) groups is 6. The summed E-state index contributed by atoms with van der Waals surface area (Å²) in [7, 11) is 3.21. The highest BCUT2D eigenvalue weighted by Gasteiger charge is 2.26. The number of aryl methyl sites for hydroxylation is 1. The molecule has 3 aromatic heterocycles. The second-order valence-corrected chi connectivity index (χ2v) is 26.7. The quantitative estimate of drug-likeness (QED) is 0.0231. The van der Waals surface area contributed by atoms with Crippen LogP contribution in [0.4, 0.5) is 0 Å². The van der Waals surface area contributed by atoms with Crippen molar-refractivity contribution in [3.05, 3.63) is 268 Å². The van der Waals surface area contributed by atoms with Crippen molar-refractivity contribution < 1.29 is 53.6 Å². The molecule has 0 saturated heterocycles. The lowest BCUT2D eigenvalue weighted by Crippen LogP contribution is -2.33. The van der Waals surface area contributed by atoms with E-state index in [1.807, 2.05) is 97.9 Å². The Bertz CT molecular complexity index is 4350. The van der Waals surface area contributed by atoms with Gasteiger partial charge in [-0.3, -0.25) is 43.7 Å². The maximum atomic E-state index is 13.3. The van der Waals surface area contributed by atoms with E-state index in [4.69, 9.17) is 9.47 Å². The minimum Gasteiger partial charge on any atom is -0.394 e. The van der Waals surface area contributed by atoms with E-state index in [0.29, 0.717) is 69.5 Å². The van der Waals surface area contributed by atoms with Gasteiger partial charge in [0, 0.05) is 103 Å². The van der Waals surface area contributed by atoms with Gasteiger partial charge >= 0.3 is 0 Å². The first kappa shape index (κ1) is 77.0. The van der Waals surface area contributed by atoms with Gasteiger partial charge in [-0.1, -0.05) is 112 Å². The molecule has 3 aliphatic rings. The van der Waals surface area contributed by atoms with Gasteiger partial charge in [0.05, 0.1) is 51.2 Å². The fraction of sp³-hybridized carbons (Fsp3) is 0.329. The molecule has 3 atom stereocenters. The van der Waals surface area contributed by atoms with Crippen molar-refractivity contribution >= 4 is 35.4 Å². The van der Waals surface area contributed by atoms with Crippen molar-refractivity contribution in [2.45, 2.75) is 140 Å². The van der Waals surface area contributed by atoms with Crippen LogP contribution in [0.1, 0.15) is 198 Å². The Hall–Kier alpha value is -10.6. The Kier molecular flexibility index (Phi) is 28.8. The Morgan fingerprint density at radius 2 is 0.695 bits per heavy atom. The van der Waals surface area contributed by atoms with Crippen LogP contribution in [0.3, 0.4) is 0 Å². The molecule has 3 heterocycles. The molecule has 9 aromatic rings. The van der Waals surface area contributed by atoms with Crippen LogP contribution < -0.4 is 31.9 Å². The van der Waals surface area contributed by atoms with E-state index in [-0.39, 0.29) is 80.0 Å². The van der Waals surface area contributed by atoms with Gasteiger partial charge in [-0.15, -0.1) is 0 Å². The highest BCUT2D eigenvalue weighted by molar-refractivity contribution is 5.99. The van der Waals surface area contributed by atoms with Crippen LogP contribution in [0, 0.1) is 0 Å². The Labute approximate surface area is 614 Å². The largest absolute Gasteiger partial charge is 0.394 e. The van der Waals surface area contributed by atoms with Crippen molar-refractivity contribution in [3.8, 4) is 33.4 Å². The monoisotopic (exact) mass is 1420 g/mol. The van der Waals surface area contributed by atoms with Crippen LogP contribution in [0.25, 0.3) is 33.4 Å². The number of nitrogens with one attached hydrogen (secondary N) is 6. The summed E-state index contributed by atoms with van der Waals surface area (Å²) in [6, 6.07) is 48.6. The van der Waals surface area contributed by atoms with Crippen molar-refractivity contribution in [2.24, 2.45) is 0 Å². The lowest BCUT2D eigenvalue weighted by atomic mass is 9.97. The molecule has 20 heteroatoms. The van der Waals surface area contributed by atoms with Crippen LogP contribution in [0.2, 0.25) is 0 Å². The van der Waals surface area contributed by atoms with Gasteiger partial charge in [0.25, 0.3) is 35.4 Å². The zero-order chi connectivity index (χ0) is 73.9. The van der Waals surface area contributed by atoms with E-state index in [1.165, 1.54) is 0 Å². The topological polar surface area (TPSA) is 292 Å². The lowest BCUT2D eigenvalue weighted by Gasteiger charge is -2.20. The number of hydrogen-bond donors (Lipinski definition) is 9. The van der Waals surface area contributed by atoms with Crippen molar-refractivity contribution in [2.75, 3.05) is 40.6 Å². The van der Waals surface area contributed by atoms with E-state index in [1.54, 1.807) is 124 Å². The highest BCUT2D eigenvalue weighted by atomic mass is 16.5. The summed E-state index contributed by atoms with van der Waals surface area (Å²) in [6.45, 7) is 1.90. The molecule has 546 valence electrons. The first-order chi connectivity index (χ1) is 51.3. The van der Waals surface area contributed by atoms with E-state index in [9.17, 15) is 44.1 Å². The van der Waals surface area contributed by atoms with Gasteiger partial charge in [-0.05, 0) is 215 Å². The van der Waals surface area contributed by atoms with Gasteiger partial charge in [0.2, 0.25) is 0 Å². The van der Waals surface area contributed by atoms with Gasteiger partial charge < -0.3 is 56.7 Å². The zero-order valence-electron chi connectivity index (χ0n) is 59.9. The number of ether oxygens (including phenoxy) is 2. The molecule has 105 heavy (non-hydrogen) atoms. The van der Waals surface area contributed by atoms with Gasteiger partial charge in [0.15, 0.2) is 0 Å². The van der Waals surface area contributed by atoms with Crippen LogP contribution in [0.15, 0.2) is 201 Å². The summed E-state index contributed by atoms with van der Waals surface area (Å²) in [5, 5.41) is 48.2.